The van der Waals surface area contributed by atoms with Gasteiger partial charge in [-0.3, -0.25) is 0 Å². The van der Waals surface area contributed by atoms with Gasteiger partial charge in [0.05, 0.1) is 4.34 Å². The van der Waals surface area contributed by atoms with Gasteiger partial charge in [-0.15, -0.1) is 11.3 Å². The van der Waals surface area contributed by atoms with Crippen LogP contribution in [0.25, 0.3) is 0 Å². The molecule has 1 heterocycles. The molecule has 1 rings (SSSR count). The molecule has 68 valence electrons. The van der Waals surface area contributed by atoms with E-state index < -0.39 is 12.0 Å². The van der Waals surface area contributed by atoms with Gasteiger partial charge in [-0.2, -0.15) is 0 Å². The fourth-order valence-corrected chi connectivity index (χ4v) is 1.91. The molecule has 5 heteroatoms. The normalized spacial score (nSPS) is 14.8. The smallest absolute Gasteiger partial charge is 0.265 e. The van der Waals surface area contributed by atoms with E-state index in [0.717, 1.165) is 18.3 Å². The first-order valence-corrected chi connectivity index (χ1v) is 4.49. The Morgan fingerprint density at radius 2 is 2.17 bits per heavy atom. The second-order valence-electron chi connectivity index (χ2n) is 2.58. The summed E-state index contributed by atoms with van der Waals surface area (Å²) < 4.78 is 25.8. The van der Waals surface area contributed by atoms with E-state index in [1.54, 1.807) is 6.07 Å². The summed E-state index contributed by atoms with van der Waals surface area (Å²) in [6.07, 6.45) is 0. The van der Waals surface area contributed by atoms with Crippen molar-refractivity contribution in [1.29, 1.82) is 0 Å². The third-order valence-electron chi connectivity index (χ3n) is 1.45. The standard InChI is InChI=1S/C7H8ClF2NS/c1-7(9,10)6(11)4-2-3-5(8)12-4/h2-3,6H,11H2,1H3. The van der Waals surface area contributed by atoms with E-state index in [4.69, 9.17) is 17.3 Å². The third-order valence-corrected chi connectivity index (χ3v) is 2.76. The van der Waals surface area contributed by atoms with Crippen LogP contribution in [0.2, 0.25) is 4.34 Å². The molecule has 0 saturated heterocycles. The van der Waals surface area contributed by atoms with Crippen molar-refractivity contribution >= 4 is 22.9 Å². The Morgan fingerprint density at radius 1 is 1.58 bits per heavy atom. The number of thiophene rings is 1. The van der Waals surface area contributed by atoms with Gasteiger partial charge in [-0.25, -0.2) is 8.78 Å². The summed E-state index contributed by atoms with van der Waals surface area (Å²) in [6.45, 7) is 0.797. The first-order chi connectivity index (χ1) is 5.41. The number of hydrogen-bond donors (Lipinski definition) is 1. The van der Waals surface area contributed by atoms with Crippen LogP contribution in [-0.2, 0) is 0 Å². The molecule has 0 spiro atoms. The molecule has 0 aliphatic heterocycles. The zero-order chi connectivity index (χ0) is 9.35. The average Bonchev–Trinajstić information content (AvgIpc) is 2.32. The first-order valence-electron chi connectivity index (χ1n) is 3.30. The predicted molar refractivity (Wildman–Crippen MR) is 46.9 cm³/mol. The van der Waals surface area contributed by atoms with Crippen LogP contribution in [0.15, 0.2) is 12.1 Å². The number of nitrogens with two attached hydrogens (primary N) is 1. The monoisotopic (exact) mass is 211 g/mol. The van der Waals surface area contributed by atoms with Crippen molar-refractivity contribution in [2.24, 2.45) is 5.73 Å². The summed E-state index contributed by atoms with van der Waals surface area (Å²) in [7, 11) is 0. The number of hydrogen-bond acceptors (Lipinski definition) is 2. The molecular formula is C7H8ClF2NS. The molecule has 12 heavy (non-hydrogen) atoms. The van der Waals surface area contributed by atoms with E-state index in [-0.39, 0.29) is 0 Å². The van der Waals surface area contributed by atoms with Crippen LogP contribution < -0.4 is 5.73 Å². The van der Waals surface area contributed by atoms with Crippen LogP contribution >= 0.6 is 22.9 Å². The maximum absolute atomic E-state index is 12.6. The van der Waals surface area contributed by atoms with Crippen LogP contribution in [0.1, 0.15) is 17.8 Å². The lowest BCUT2D eigenvalue weighted by Crippen LogP contribution is -2.28. The van der Waals surface area contributed by atoms with E-state index in [9.17, 15) is 8.78 Å². The molecule has 0 aliphatic rings. The lowest BCUT2D eigenvalue weighted by atomic mass is 10.1. The highest BCUT2D eigenvalue weighted by Gasteiger charge is 2.32. The Balaban J connectivity index is 2.85. The maximum atomic E-state index is 12.6. The minimum atomic E-state index is -2.89. The molecule has 0 amide bonds. The predicted octanol–water partition coefficient (Wildman–Crippen LogP) is 3.06. The Labute approximate surface area is 78.1 Å². The van der Waals surface area contributed by atoms with Gasteiger partial charge in [0.2, 0.25) is 0 Å². The Hall–Kier alpha value is -0.190. The number of alkyl halides is 2. The minimum absolute atomic E-state index is 0.410. The molecule has 0 aliphatic carbocycles. The summed E-state index contributed by atoms with van der Waals surface area (Å²) >= 11 is 6.66. The van der Waals surface area contributed by atoms with Crippen LogP contribution in [0.4, 0.5) is 8.78 Å². The van der Waals surface area contributed by atoms with Gasteiger partial charge in [0, 0.05) is 11.8 Å². The molecule has 0 saturated carbocycles. The Morgan fingerprint density at radius 3 is 2.50 bits per heavy atom. The first kappa shape index (κ1) is 9.89. The summed E-state index contributed by atoms with van der Waals surface area (Å²) in [5, 5.41) is 0. The van der Waals surface area contributed by atoms with Gasteiger partial charge in [-0.05, 0) is 12.1 Å². The Bertz CT molecular complexity index is 269. The number of rotatable bonds is 2. The molecule has 1 aromatic rings. The van der Waals surface area contributed by atoms with Crippen LogP contribution in [-0.4, -0.2) is 5.92 Å². The van der Waals surface area contributed by atoms with Gasteiger partial charge in [-0.1, -0.05) is 11.6 Å². The summed E-state index contributed by atoms with van der Waals surface area (Å²) in [4.78, 5) is 0.410. The van der Waals surface area contributed by atoms with Gasteiger partial charge < -0.3 is 5.73 Å². The van der Waals surface area contributed by atoms with Crippen molar-refractivity contribution in [1.82, 2.24) is 0 Å². The van der Waals surface area contributed by atoms with Crippen LogP contribution in [0.5, 0.6) is 0 Å². The molecule has 1 nitrogen and oxygen atoms in total. The van der Waals surface area contributed by atoms with Crippen molar-refractivity contribution in [2.45, 2.75) is 18.9 Å². The maximum Gasteiger partial charge on any atom is 0.265 e. The van der Waals surface area contributed by atoms with Gasteiger partial charge >= 0.3 is 0 Å². The zero-order valence-corrected chi connectivity index (χ0v) is 7.92. The molecule has 1 aromatic heterocycles. The van der Waals surface area contributed by atoms with E-state index in [1.165, 1.54) is 6.07 Å². The molecular weight excluding hydrogens is 204 g/mol. The van der Waals surface area contributed by atoms with E-state index in [0.29, 0.717) is 9.21 Å². The van der Waals surface area contributed by atoms with Gasteiger partial charge in [0.15, 0.2) is 0 Å². The van der Waals surface area contributed by atoms with E-state index in [1.807, 2.05) is 0 Å². The second-order valence-corrected chi connectivity index (χ2v) is 4.32. The topological polar surface area (TPSA) is 26.0 Å². The molecule has 0 aromatic carbocycles. The van der Waals surface area contributed by atoms with Crippen molar-refractivity contribution in [2.75, 3.05) is 0 Å². The number of halogens is 3. The fraction of sp³-hybridized carbons (Fsp3) is 0.429. The van der Waals surface area contributed by atoms with Crippen molar-refractivity contribution in [3.05, 3.63) is 21.3 Å². The van der Waals surface area contributed by atoms with Crippen LogP contribution in [0.3, 0.4) is 0 Å². The van der Waals surface area contributed by atoms with E-state index >= 15 is 0 Å². The molecule has 0 bridgehead atoms. The largest absolute Gasteiger partial charge is 0.318 e. The lowest BCUT2D eigenvalue weighted by Gasteiger charge is -2.17. The molecule has 0 fully saturated rings. The van der Waals surface area contributed by atoms with Crippen LogP contribution in [0, 0.1) is 0 Å². The summed E-state index contributed by atoms with van der Waals surface area (Å²) in [5.41, 5.74) is 5.29. The second kappa shape index (κ2) is 3.28. The molecule has 2 N–H and O–H groups in total. The minimum Gasteiger partial charge on any atom is -0.318 e. The van der Waals surface area contributed by atoms with Crippen molar-refractivity contribution in [3.63, 3.8) is 0 Å². The Kier molecular flexibility index (Phi) is 2.70. The summed E-state index contributed by atoms with van der Waals surface area (Å²) in [5.74, 6) is -2.89. The van der Waals surface area contributed by atoms with Gasteiger partial charge in [0.1, 0.15) is 6.04 Å². The fourth-order valence-electron chi connectivity index (χ4n) is 0.745. The average molecular weight is 212 g/mol. The molecule has 1 atom stereocenters. The van der Waals surface area contributed by atoms with E-state index in [2.05, 4.69) is 0 Å². The van der Waals surface area contributed by atoms with Crippen molar-refractivity contribution < 1.29 is 8.78 Å². The third kappa shape index (κ3) is 2.15. The highest BCUT2D eigenvalue weighted by atomic mass is 35.5. The SMILES string of the molecule is CC(F)(F)C(N)c1ccc(Cl)s1. The molecule has 0 radical (unpaired) electrons. The quantitative estimate of drug-likeness (QED) is 0.800. The molecule has 1 unspecified atom stereocenters. The van der Waals surface area contributed by atoms with Crippen molar-refractivity contribution in [3.8, 4) is 0 Å². The van der Waals surface area contributed by atoms with Gasteiger partial charge in [0.25, 0.3) is 5.92 Å². The zero-order valence-electron chi connectivity index (χ0n) is 6.35. The highest BCUT2D eigenvalue weighted by Crippen LogP contribution is 2.34. The summed E-state index contributed by atoms with van der Waals surface area (Å²) in [6, 6.07) is 1.83. The lowest BCUT2D eigenvalue weighted by molar-refractivity contribution is -0.00511. The highest BCUT2D eigenvalue weighted by molar-refractivity contribution is 7.16.